The Balaban J connectivity index is 2.55. The lowest BCUT2D eigenvalue weighted by Crippen LogP contribution is -2.29. The molecule has 0 spiro atoms. The van der Waals surface area contributed by atoms with Crippen LogP contribution in [0.25, 0.3) is 11.2 Å². The van der Waals surface area contributed by atoms with Gasteiger partial charge in [0, 0.05) is 26.5 Å². The quantitative estimate of drug-likeness (QED) is 0.608. The topological polar surface area (TPSA) is 81.9 Å². The van der Waals surface area contributed by atoms with E-state index in [1.54, 1.807) is 25.9 Å². The largest absolute Gasteiger partial charge is 0.383 e. The molecule has 116 valence electrons. The summed E-state index contributed by atoms with van der Waals surface area (Å²) in [4.78, 5) is 30.6. The first-order valence-corrected chi connectivity index (χ1v) is 7.90. The van der Waals surface area contributed by atoms with Crippen molar-refractivity contribution in [3.05, 3.63) is 20.8 Å². The highest BCUT2D eigenvalue weighted by molar-refractivity contribution is 7.99. The predicted molar refractivity (Wildman–Crippen MR) is 83.1 cm³/mol. The molecule has 2 aromatic heterocycles. The van der Waals surface area contributed by atoms with Crippen LogP contribution in [0, 0.1) is 0 Å². The number of H-pyrrole nitrogens is 1. The van der Waals surface area contributed by atoms with Gasteiger partial charge in [-0.1, -0.05) is 25.1 Å². The van der Waals surface area contributed by atoms with Gasteiger partial charge in [-0.15, -0.1) is 0 Å². The van der Waals surface area contributed by atoms with E-state index in [1.807, 2.05) is 4.57 Å². The van der Waals surface area contributed by atoms with Crippen LogP contribution < -0.4 is 11.2 Å². The summed E-state index contributed by atoms with van der Waals surface area (Å²) in [5, 5.41) is 0.752. The Bertz CT molecular complexity index is 731. The van der Waals surface area contributed by atoms with Crippen molar-refractivity contribution in [2.24, 2.45) is 7.05 Å². The Morgan fingerprint density at radius 3 is 2.81 bits per heavy atom. The van der Waals surface area contributed by atoms with Gasteiger partial charge in [-0.2, -0.15) is 0 Å². The first-order valence-electron chi connectivity index (χ1n) is 6.91. The number of nitrogens with one attached hydrogen (secondary N) is 1. The molecule has 7 nitrogen and oxygen atoms in total. The number of thioether (sulfide) groups is 1. The smallest absolute Gasteiger partial charge is 0.329 e. The Morgan fingerprint density at radius 2 is 2.14 bits per heavy atom. The lowest BCUT2D eigenvalue weighted by atomic mass is 10.4. The highest BCUT2D eigenvalue weighted by Crippen LogP contribution is 2.22. The SMILES string of the molecule is CCCCSc1nc2c(c(=O)[nH]c(=O)n2C)n1CCOC. The molecule has 0 unspecified atom stereocenters. The molecule has 0 aliphatic heterocycles. The van der Waals surface area contributed by atoms with Gasteiger partial charge in [0.1, 0.15) is 0 Å². The zero-order valence-corrected chi connectivity index (χ0v) is 13.3. The summed E-state index contributed by atoms with van der Waals surface area (Å²) in [6, 6.07) is 0. The molecule has 2 aromatic rings. The lowest BCUT2D eigenvalue weighted by Gasteiger charge is -2.07. The molecule has 2 heterocycles. The number of hydrogen-bond acceptors (Lipinski definition) is 5. The number of imidazole rings is 1. The maximum atomic E-state index is 12.1. The average Bonchev–Trinajstić information content (AvgIpc) is 2.82. The molecule has 0 radical (unpaired) electrons. The fourth-order valence-electron chi connectivity index (χ4n) is 2.02. The summed E-state index contributed by atoms with van der Waals surface area (Å²) in [6.45, 7) is 3.14. The van der Waals surface area contributed by atoms with Gasteiger partial charge in [0.2, 0.25) is 0 Å². The van der Waals surface area contributed by atoms with E-state index in [9.17, 15) is 9.59 Å². The molecule has 0 fully saturated rings. The van der Waals surface area contributed by atoms with Crippen molar-refractivity contribution in [3.8, 4) is 0 Å². The maximum absolute atomic E-state index is 12.1. The summed E-state index contributed by atoms with van der Waals surface area (Å²) in [5.41, 5.74) is -0.0138. The van der Waals surface area contributed by atoms with Crippen LogP contribution in [0.1, 0.15) is 19.8 Å². The third-order valence-corrected chi connectivity index (χ3v) is 4.28. The van der Waals surface area contributed by atoms with Crippen LogP contribution in [-0.4, -0.2) is 38.6 Å². The van der Waals surface area contributed by atoms with Crippen molar-refractivity contribution in [1.29, 1.82) is 0 Å². The number of aryl methyl sites for hydroxylation is 1. The molecule has 0 atom stereocenters. The van der Waals surface area contributed by atoms with Gasteiger partial charge in [-0.3, -0.25) is 14.3 Å². The molecule has 1 N–H and O–H groups in total. The second-order valence-electron chi connectivity index (χ2n) is 4.73. The molecule has 0 aromatic carbocycles. The Labute approximate surface area is 126 Å². The summed E-state index contributed by atoms with van der Waals surface area (Å²) < 4.78 is 8.30. The van der Waals surface area contributed by atoms with Gasteiger partial charge in [0.25, 0.3) is 5.56 Å². The number of aromatic nitrogens is 4. The van der Waals surface area contributed by atoms with Crippen LogP contribution in [0.2, 0.25) is 0 Å². The minimum atomic E-state index is -0.450. The van der Waals surface area contributed by atoms with Crippen molar-refractivity contribution >= 4 is 22.9 Å². The first-order chi connectivity index (χ1) is 10.1. The van der Waals surface area contributed by atoms with Gasteiger partial charge >= 0.3 is 5.69 Å². The molecule has 8 heteroatoms. The van der Waals surface area contributed by atoms with E-state index < -0.39 is 11.2 Å². The molecule has 0 amide bonds. The van der Waals surface area contributed by atoms with Crippen LogP contribution in [0.3, 0.4) is 0 Å². The number of nitrogens with zero attached hydrogens (tertiary/aromatic N) is 3. The van der Waals surface area contributed by atoms with Crippen molar-refractivity contribution in [3.63, 3.8) is 0 Å². The van der Waals surface area contributed by atoms with Crippen LogP contribution in [0.15, 0.2) is 14.7 Å². The van der Waals surface area contributed by atoms with Crippen LogP contribution in [-0.2, 0) is 18.3 Å². The Morgan fingerprint density at radius 1 is 1.38 bits per heavy atom. The van der Waals surface area contributed by atoms with E-state index in [0.29, 0.717) is 24.3 Å². The van der Waals surface area contributed by atoms with Crippen molar-refractivity contribution in [1.82, 2.24) is 19.1 Å². The summed E-state index contributed by atoms with van der Waals surface area (Å²) >= 11 is 1.60. The number of rotatable bonds is 7. The molecule has 0 bridgehead atoms. The van der Waals surface area contributed by atoms with Crippen LogP contribution in [0.5, 0.6) is 0 Å². The highest BCUT2D eigenvalue weighted by Gasteiger charge is 2.17. The van der Waals surface area contributed by atoms with Gasteiger partial charge in [0.05, 0.1) is 6.61 Å². The molecule has 0 aliphatic rings. The monoisotopic (exact) mass is 312 g/mol. The third kappa shape index (κ3) is 3.21. The van der Waals surface area contributed by atoms with E-state index in [-0.39, 0.29) is 0 Å². The number of aromatic amines is 1. The Kier molecular flexibility index (Phi) is 5.24. The van der Waals surface area contributed by atoms with Crippen LogP contribution >= 0.6 is 11.8 Å². The summed E-state index contributed by atoms with van der Waals surface area (Å²) in [6.07, 6.45) is 2.18. The van der Waals surface area contributed by atoms with Crippen molar-refractivity contribution < 1.29 is 4.74 Å². The second-order valence-corrected chi connectivity index (χ2v) is 5.79. The zero-order valence-electron chi connectivity index (χ0n) is 12.5. The molecule has 0 saturated carbocycles. The van der Waals surface area contributed by atoms with E-state index >= 15 is 0 Å². The zero-order chi connectivity index (χ0) is 15.4. The number of fused-ring (bicyclic) bond motifs is 1. The van der Waals surface area contributed by atoms with Gasteiger partial charge in [-0.05, 0) is 6.42 Å². The summed E-state index contributed by atoms with van der Waals surface area (Å²) in [5.74, 6) is 0.929. The molecule has 0 saturated heterocycles. The van der Waals surface area contributed by atoms with Crippen molar-refractivity contribution in [2.45, 2.75) is 31.5 Å². The number of ether oxygens (including phenoxy) is 1. The van der Waals surface area contributed by atoms with E-state index in [0.717, 1.165) is 23.8 Å². The third-order valence-electron chi connectivity index (χ3n) is 3.22. The molecule has 21 heavy (non-hydrogen) atoms. The number of unbranched alkanes of at least 4 members (excludes halogenated alkanes) is 1. The lowest BCUT2D eigenvalue weighted by molar-refractivity contribution is 0.186. The van der Waals surface area contributed by atoms with Gasteiger partial charge < -0.3 is 9.30 Å². The van der Waals surface area contributed by atoms with Crippen LogP contribution in [0.4, 0.5) is 0 Å². The number of methoxy groups -OCH3 is 1. The molecule has 2 rings (SSSR count). The van der Waals surface area contributed by atoms with Crippen molar-refractivity contribution in [2.75, 3.05) is 19.5 Å². The Hall–Kier alpha value is -1.54. The summed E-state index contributed by atoms with van der Waals surface area (Å²) in [7, 11) is 3.22. The molecular weight excluding hydrogens is 292 g/mol. The average molecular weight is 312 g/mol. The fraction of sp³-hybridized carbons (Fsp3) is 0.615. The fourth-order valence-corrected chi connectivity index (χ4v) is 3.13. The standard InChI is InChI=1S/C13H20N4O3S/c1-4-5-8-21-13-14-10-9(17(13)6-7-20-3)11(18)15-12(19)16(10)2/h4-8H2,1-3H3,(H,15,18,19). The normalized spacial score (nSPS) is 11.4. The predicted octanol–water partition coefficient (Wildman–Crippen LogP) is 0.962. The van der Waals surface area contributed by atoms with E-state index in [2.05, 4.69) is 16.9 Å². The maximum Gasteiger partial charge on any atom is 0.329 e. The minimum Gasteiger partial charge on any atom is -0.383 e. The van der Waals surface area contributed by atoms with Gasteiger partial charge in [0.15, 0.2) is 16.3 Å². The molecular formula is C13H20N4O3S. The van der Waals surface area contributed by atoms with E-state index in [1.165, 1.54) is 4.57 Å². The van der Waals surface area contributed by atoms with Gasteiger partial charge in [-0.25, -0.2) is 9.78 Å². The van der Waals surface area contributed by atoms with E-state index in [4.69, 9.17) is 4.74 Å². The highest BCUT2D eigenvalue weighted by atomic mass is 32.2. The number of hydrogen-bond donors (Lipinski definition) is 1. The first kappa shape index (κ1) is 15.8. The second kappa shape index (κ2) is 6.95. The molecule has 0 aliphatic carbocycles. The minimum absolute atomic E-state index is 0.404.